The van der Waals surface area contributed by atoms with Gasteiger partial charge in [0.2, 0.25) is 0 Å². The van der Waals surface area contributed by atoms with Crippen LogP contribution in [0.3, 0.4) is 0 Å². The van der Waals surface area contributed by atoms with E-state index in [-0.39, 0.29) is 31.6 Å². The van der Waals surface area contributed by atoms with Crippen LogP contribution in [0.15, 0.2) is 59.6 Å². The topological polar surface area (TPSA) is 81.1 Å². The molecule has 7 heteroatoms. The first-order valence-electron chi connectivity index (χ1n) is 7.23. The largest absolute Gasteiger partial charge is 0.512 e. The summed E-state index contributed by atoms with van der Waals surface area (Å²) < 4.78 is 7.01. The van der Waals surface area contributed by atoms with Crippen LogP contribution in [-0.2, 0) is 31.9 Å². The molecule has 0 saturated carbocycles. The maximum Gasteiger partial charge on any atom is 0.167 e. The summed E-state index contributed by atoms with van der Waals surface area (Å²) in [7, 11) is 1.97. The van der Waals surface area contributed by atoms with E-state index in [1.54, 1.807) is 12.5 Å². The van der Waals surface area contributed by atoms with Gasteiger partial charge in [-0.05, 0) is 38.2 Å². The van der Waals surface area contributed by atoms with Crippen LogP contribution in [0.25, 0.3) is 22.5 Å². The molecule has 0 aromatic carbocycles. The Morgan fingerprint density at radius 3 is 2.64 bits per heavy atom. The molecule has 133 valence electrons. The zero-order valence-corrected chi connectivity index (χ0v) is 16.5. The molecule has 0 unspecified atom stereocenters. The Morgan fingerprint density at radius 1 is 1.40 bits per heavy atom. The minimum absolute atomic E-state index is 0. The van der Waals surface area contributed by atoms with Crippen molar-refractivity contribution in [3.8, 4) is 22.5 Å². The van der Waals surface area contributed by atoms with E-state index < -0.39 is 0 Å². The molecule has 0 spiro atoms. The van der Waals surface area contributed by atoms with Crippen molar-refractivity contribution >= 4 is 5.78 Å². The van der Waals surface area contributed by atoms with Crippen LogP contribution < -0.4 is 0 Å². The number of aromatic nitrogens is 3. The molecule has 3 heterocycles. The van der Waals surface area contributed by atoms with Crippen molar-refractivity contribution < 1.29 is 34.4 Å². The molecule has 0 fully saturated rings. The predicted octanol–water partition coefficient (Wildman–Crippen LogP) is 3.58. The van der Waals surface area contributed by atoms with Gasteiger partial charge >= 0.3 is 0 Å². The van der Waals surface area contributed by atoms with Crippen LogP contribution in [0.4, 0.5) is 0 Å². The third-order valence-electron chi connectivity index (χ3n) is 3.03. The number of nitrogens with zero attached hydrogens (tertiary/aromatic N) is 3. The quantitative estimate of drug-likeness (QED) is 0.327. The van der Waals surface area contributed by atoms with Gasteiger partial charge in [0.1, 0.15) is 0 Å². The molecule has 6 nitrogen and oxygen atoms in total. The van der Waals surface area contributed by atoms with Crippen molar-refractivity contribution in [2.24, 2.45) is 7.05 Å². The van der Waals surface area contributed by atoms with Gasteiger partial charge in [-0.3, -0.25) is 14.8 Å². The average molecular weight is 517 g/mol. The van der Waals surface area contributed by atoms with Gasteiger partial charge in [-0.1, -0.05) is 18.0 Å². The fourth-order valence-electron chi connectivity index (χ4n) is 2.15. The van der Waals surface area contributed by atoms with E-state index in [0.29, 0.717) is 0 Å². The minimum Gasteiger partial charge on any atom is -0.512 e. The van der Waals surface area contributed by atoms with E-state index in [9.17, 15) is 4.79 Å². The molecule has 0 aliphatic heterocycles. The second-order valence-corrected chi connectivity index (χ2v) is 5.12. The molecule has 3 aromatic rings. The number of rotatable bonds is 3. The fourth-order valence-corrected chi connectivity index (χ4v) is 2.15. The summed E-state index contributed by atoms with van der Waals surface area (Å²) in [6, 6.07) is 7.11. The van der Waals surface area contributed by atoms with Crippen molar-refractivity contribution in [2.75, 3.05) is 0 Å². The minimum atomic E-state index is -0.125. The van der Waals surface area contributed by atoms with Crippen molar-refractivity contribution in [1.82, 2.24) is 14.5 Å². The number of carbonyl (C=O) groups is 1. The van der Waals surface area contributed by atoms with Crippen LogP contribution in [-0.4, -0.2) is 25.4 Å². The van der Waals surface area contributed by atoms with E-state index in [2.05, 4.69) is 16.0 Å². The summed E-state index contributed by atoms with van der Waals surface area (Å²) in [6.45, 7) is 2.85. The van der Waals surface area contributed by atoms with Crippen LogP contribution in [0.1, 0.15) is 13.8 Å². The van der Waals surface area contributed by atoms with Gasteiger partial charge in [-0.15, -0.1) is 5.56 Å². The molecular weight excluding hydrogens is 498 g/mol. The van der Waals surface area contributed by atoms with Crippen LogP contribution in [0, 0.1) is 6.07 Å². The van der Waals surface area contributed by atoms with Gasteiger partial charge in [0, 0.05) is 38.6 Å². The summed E-state index contributed by atoms with van der Waals surface area (Å²) in [4.78, 5) is 18.3. The number of aryl methyl sites for hydroxylation is 1. The van der Waals surface area contributed by atoms with E-state index in [4.69, 9.17) is 9.52 Å². The Labute approximate surface area is 159 Å². The summed E-state index contributed by atoms with van der Waals surface area (Å²) in [5, 5.41) is 8.36. The number of pyridine rings is 1. The molecular formula is C18H18IrN3O3-. The summed E-state index contributed by atoms with van der Waals surface area (Å²) in [5.41, 5.74) is 3.78. The number of aliphatic hydroxyl groups is 1. The van der Waals surface area contributed by atoms with Crippen molar-refractivity contribution in [3.63, 3.8) is 0 Å². The standard InChI is InChI=1S/C13H10N3O.C5H8O2.Ir/c1-16-6-4-11(12-8-17-9-15-12)13(16)10-3-2-5-14-7-10;1-4(6)3-5(2)7;/h2-3,5-9H,1H3;3,6H,1-2H3;/q-1;;/b;4-3-;. The van der Waals surface area contributed by atoms with Crippen molar-refractivity contribution in [1.29, 1.82) is 0 Å². The van der Waals surface area contributed by atoms with Gasteiger partial charge in [0.05, 0.1) is 12.0 Å². The summed E-state index contributed by atoms with van der Waals surface area (Å²) in [6.07, 6.45) is 9.67. The monoisotopic (exact) mass is 517 g/mol. The Hall–Kier alpha value is -2.50. The molecule has 0 saturated heterocycles. The van der Waals surface area contributed by atoms with Gasteiger partial charge < -0.3 is 14.1 Å². The Kier molecular flexibility index (Phi) is 7.98. The third-order valence-corrected chi connectivity index (χ3v) is 3.03. The Morgan fingerprint density at radius 2 is 2.16 bits per heavy atom. The zero-order valence-electron chi connectivity index (χ0n) is 14.1. The van der Waals surface area contributed by atoms with Crippen LogP contribution in [0.5, 0.6) is 0 Å². The van der Waals surface area contributed by atoms with Crippen molar-refractivity contribution in [2.45, 2.75) is 13.8 Å². The summed E-state index contributed by atoms with van der Waals surface area (Å²) in [5.74, 6) is -0.0625. The van der Waals surface area contributed by atoms with E-state index >= 15 is 0 Å². The number of hydrogen-bond acceptors (Lipinski definition) is 5. The number of hydrogen-bond donors (Lipinski definition) is 1. The molecule has 0 atom stereocenters. The molecule has 0 aliphatic rings. The van der Waals surface area contributed by atoms with Crippen LogP contribution >= 0.6 is 0 Å². The molecule has 0 aliphatic carbocycles. The van der Waals surface area contributed by atoms with E-state index in [0.717, 1.165) is 22.5 Å². The van der Waals surface area contributed by atoms with E-state index in [1.165, 1.54) is 26.3 Å². The predicted molar refractivity (Wildman–Crippen MR) is 90.0 cm³/mol. The fraction of sp³-hybridized carbons (Fsp3) is 0.167. The molecule has 3 aromatic heterocycles. The maximum atomic E-state index is 10.0. The number of allylic oxidation sites excluding steroid dienone is 2. The molecule has 0 amide bonds. The van der Waals surface area contributed by atoms with Crippen molar-refractivity contribution in [3.05, 3.63) is 61.3 Å². The van der Waals surface area contributed by atoms with Crippen LogP contribution in [0.2, 0.25) is 0 Å². The number of ketones is 1. The molecule has 3 rings (SSSR count). The first-order chi connectivity index (χ1) is 11.5. The molecule has 1 N–H and O–H groups in total. The average Bonchev–Trinajstić information content (AvgIpc) is 3.16. The molecule has 0 bridgehead atoms. The first kappa shape index (κ1) is 20.5. The van der Waals surface area contributed by atoms with Gasteiger partial charge in [0.15, 0.2) is 12.2 Å². The maximum absolute atomic E-state index is 10.0. The zero-order chi connectivity index (χ0) is 17.5. The van der Waals surface area contributed by atoms with Gasteiger partial charge in [-0.25, -0.2) is 0 Å². The number of aliphatic hydroxyl groups excluding tert-OH is 1. The smallest absolute Gasteiger partial charge is 0.167 e. The summed E-state index contributed by atoms with van der Waals surface area (Å²) >= 11 is 0. The second-order valence-electron chi connectivity index (χ2n) is 5.12. The third kappa shape index (κ3) is 5.81. The molecule has 25 heavy (non-hydrogen) atoms. The van der Waals surface area contributed by atoms with Gasteiger partial charge in [0.25, 0.3) is 0 Å². The number of carbonyl (C=O) groups excluding carboxylic acids is 1. The number of oxazole rings is 1. The SMILES string of the molecule is CC(=O)/C=C(/C)O.Cn1c[c-]c(-c2cocn2)c1-c1cccnc1.[Ir]. The Balaban J connectivity index is 0.000000339. The second kappa shape index (κ2) is 9.71. The molecule has 1 radical (unpaired) electrons. The first-order valence-corrected chi connectivity index (χ1v) is 7.23. The van der Waals surface area contributed by atoms with Gasteiger partial charge in [-0.2, -0.15) is 6.07 Å². The Bertz CT molecular complexity index is 821. The normalized spacial score (nSPS) is 10.4. The van der Waals surface area contributed by atoms with E-state index in [1.807, 2.05) is 36.1 Å².